The molecular weight excluding hydrogens is 437 g/mol. The van der Waals surface area contributed by atoms with Crippen LogP contribution in [0.4, 0.5) is 0 Å². The van der Waals surface area contributed by atoms with Crippen LogP contribution in [0.3, 0.4) is 0 Å². The number of rotatable bonds is 7. The number of ether oxygens (including phenoxy) is 1. The number of aryl methyl sites for hydroxylation is 1. The van der Waals surface area contributed by atoms with E-state index in [1.54, 1.807) is 12.1 Å². The van der Waals surface area contributed by atoms with Crippen molar-refractivity contribution >= 4 is 50.2 Å². The molecule has 3 aromatic rings. The number of fused-ring (bicyclic) bond motifs is 1. The van der Waals surface area contributed by atoms with Crippen LogP contribution < -0.4 is 5.14 Å². The van der Waals surface area contributed by atoms with Crippen molar-refractivity contribution in [3.05, 3.63) is 57.8 Å². The first-order chi connectivity index (χ1) is 13.7. The molecule has 2 aromatic carbocycles. The molecule has 7 nitrogen and oxygen atoms in total. The maximum Gasteiger partial charge on any atom is 0.340 e. The first kappa shape index (κ1) is 21.6. The molecule has 10 heteroatoms. The van der Waals surface area contributed by atoms with Crippen molar-refractivity contribution in [2.45, 2.75) is 37.8 Å². The smallest absolute Gasteiger partial charge is 0.340 e. The predicted octanol–water partition coefficient (Wildman–Crippen LogP) is 4.15. The summed E-state index contributed by atoms with van der Waals surface area (Å²) in [7, 11) is -3.85. The van der Waals surface area contributed by atoms with Crippen molar-refractivity contribution < 1.29 is 17.9 Å². The van der Waals surface area contributed by atoms with Gasteiger partial charge in [0.05, 0.1) is 26.5 Å². The Morgan fingerprint density at radius 3 is 2.66 bits per heavy atom. The number of sulfonamides is 1. The Kier molecular flexibility index (Phi) is 6.48. The molecule has 0 aliphatic heterocycles. The summed E-state index contributed by atoms with van der Waals surface area (Å²) in [6.45, 7) is 2.59. The molecule has 154 valence electrons. The minimum absolute atomic E-state index is 0.0283. The topological polar surface area (TPSA) is 104 Å². The Morgan fingerprint density at radius 2 is 1.97 bits per heavy atom. The lowest BCUT2D eigenvalue weighted by atomic mass is 10.2. The molecule has 0 atom stereocenters. The molecule has 0 radical (unpaired) electrons. The summed E-state index contributed by atoms with van der Waals surface area (Å²) in [5, 5.41) is 5.81. The van der Waals surface area contributed by atoms with E-state index in [0.29, 0.717) is 22.9 Å². The van der Waals surface area contributed by atoms with Gasteiger partial charge < -0.3 is 9.30 Å². The fraction of sp³-hybridized carbons (Fsp3) is 0.263. The number of unbranched alkanes of at least 4 members (excludes halogenated alkanes) is 1. The van der Waals surface area contributed by atoms with Crippen LogP contribution >= 0.6 is 23.2 Å². The number of esters is 1. The van der Waals surface area contributed by atoms with Crippen molar-refractivity contribution in [1.29, 1.82) is 0 Å². The van der Waals surface area contributed by atoms with Crippen LogP contribution in [0, 0.1) is 0 Å². The lowest BCUT2D eigenvalue weighted by Crippen LogP contribution is -2.12. The number of imidazole rings is 1. The molecule has 0 spiro atoms. The summed E-state index contributed by atoms with van der Waals surface area (Å²) in [6, 6.07) is 9.02. The summed E-state index contributed by atoms with van der Waals surface area (Å²) < 4.78 is 30.5. The number of hydrogen-bond acceptors (Lipinski definition) is 5. The summed E-state index contributed by atoms with van der Waals surface area (Å²) in [5.74, 6) is -0.136. The Balaban J connectivity index is 1.92. The van der Waals surface area contributed by atoms with E-state index in [0.717, 1.165) is 18.4 Å². The number of benzene rings is 2. The van der Waals surface area contributed by atoms with Crippen molar-refractivity contribution in [2.24, 2.45) is 5.14 Å². The molecule has 0 bridgehead atoms. The monoisotopic (exact) mass is 455 g/mol. The van der Waals surface area contributed by atoms with Gasteiger partial charge in [0, 0.05) is 11.6 Å². The van der Waals surface area contributed by atoms with Gasteiger partial charge in [0.1, 0.15) is 12.4 Å². The fourth-order valence-corrected chi connectivity index (χ4v) is 3.77. The molecule has 3 rings (SSSR count). The Morgan fingerprint density at radius 1 is 1.21 bits per heavy atom. The second-order valence-electron chi connectivity index (χ2n) is 6.43. The van der Waals surface area contributed by atoms with E-state index in [-0.39, 0.29) is 22.1 Å². The van der Waals surface area contributed by atoms with Gasteiger partial charge in [0.25, 0.3) is 0 Å². The highest BCUT2D eigenvalue weighted by Gasteiger charge is 2.18. The van der Waals surface area contributed by atoms with Crippen LogP contribution in [-0.2, 0) is 27.9 Å². The van der Waals surface area contributed by atoms with E-state index in [9.17, 15) is 13.2 Å². The van der Waals surface area contributed by atoms with E-state index in [2.05, 4.69) is 11.9 Å². The van der Waals surface area contributed by atoms with Crippen LogP contribution in [0.2, 0.25) is 10.0 Å². The number of carbonyl (C=O) groups excluding carboxylic acids is 1. The van der Waals surface area contributed by atoms with Crippen LogP contribution in [0.5, 0.6) is 0 Å². The number of hydrogen-bond donors (Lipinski definition) is 1. The minimum Gasteiger partial charge on any atom is -0.454 e. The summed E-state index contributed by atoms with van der Waals surface area (Å²) in [6.07, 6.45) is 1.83. The average molecular weight is 456 g/mol. The molecule has 0 saturated carbocycles. The third-order valence-electron chi connectivity index (χ3n) is 4.34. The van der Waals surface area contributed by atoms with Gasteiger partial charge in [0.2, 0.25) is 10.0 Å². The van der Waals surface area contributed by atoms with Gasteiger partial charge in [-0.2, -0.15) is 0 Å². The average Bonchev–Trinajstić information content (AvgIpc) is 3.02. The standard InChI is InChI=1S/C19H19Cl2N3O4S/c1-2-3-8-24-17-7-5-13(29(22,26)27)10-16(17)23-18(24)11-28-19(25)14-9-12(20)4-6-15(14)21/h4-7,9-10H,2-3,8,11H2,1H3,(H2,22,26,27). The zero-order valence-corrected chi connectivity index (χ0v) is 17.9. The number of halogens is 2. The normalized spacial score (nSPS) is 11.7. The molecule has 0 saturated heterocycles. The van der Waals surface area contributed by atoms with E-state index in [1.165, 1.54) is 24.3 Å². The number of carbonyl (C=O) groups is 1. The minimum atomic E-state index is -3.85. The van der Waals surface area contributed by atoms with Gasteiger partial charge in [-0.3, -0.25) is 0 Å². The van der Waals surface area contributed by atoms with Crippen molar-refractivity contribution in [2.75, 3.05) is 0 Å². The van der Waals surface area contributed by atoms with Crippen LogP contribution in [0.25, 0.3) is 11.0 Å². The van der Waals surface area contributed by atoms with Gasteiger partial charge in [-0.15, -0.1) is 0 Å². The first-order valence-corrected chi connectivity index (χ1v) is 11.1. The Labute approximate surface area is 178 Å². The molecule has 0 aliphatic rings. The third-order valence-corrected chi connectivity index (χ3v) is 5.82. The maximum absolute atomic E-state index is 12.4. The largest absolute Gasteiger partial charge is 0.454 e. The van der Waals surface area contributed by atoms with Gasteiger partial charge in [0.15, 0.2) is 0 Å². The zero-order valence-electron chi connectivity index (χ0n) is 15.6. The van der Waals surface area contributed by atoms with Crippen molar-refractivity contribution in [3.63, 3.8) is 0 Å². The lowest BCUT2D eigenvalue weighted by molar-refractivity contribution is 0.0458. The molecule has 0 fully saturated rings. The highest BCUT2D eigenvalue weighted by molar-refractivity contribution is 7.89. The van der Waals surface area contributed by atoms with Crippen LogP contribution in [0.1, 0.15) is 35.9 Å². The quantitative estimate of drug-likeness (QED) is 0.538. The highest BCUT2D eigenvalue weighted by Crippen LogP contribution is 2.24. The molecule has 0 amide bonds. The molecule has 0 aliphatic carbocycles. The first-order valence-electron chi connectivity index (χ1n) is 8.85. The number of nitrogens with two attached hydrogens (primary N) is 1. The molecule has 1 heterocycles. The number of primary sulfonamides is 1. The van der Waals surface area contributed by atoms with E-state index >= 15 is 0 Å². The second kappa shape index (κ2) is 8.71. The van der Waals surface area contributed by atoms with Crippen molar-refractivity contribution in [1.82, 2.24) is 9.55 Å². The SMILES string of the molecule is CCCCn1c(COC(=O)c2cc(Cl)ccc2Cl)nc2cc(S(N)(=O)=O)ccc21. The van der Waals surface area contributed by atoms with Crippen molar-refractivity contribution in [3.8, 4) is 0 Å². The van der Waals surface area contributed by atoms with Gasteiger partial charge in [-0.25, -0.2) is 23.3 Å². The number of nitrogens with zero attached hydrogens (tertiary/aromatic N) is 2. The van der Waals surface area contributed by atoms with Crippen LogP contribution in [0.15, 0.2) is 41.3 Å². The molecule has 1 aromatic heterocycles. The maximum atomic E-state index is 12.4. The second-order valence-corrected chi connectivity index (χ2v) is 8.83. The lowest BCUT2D eigenvalue weighted by Gasteiger charge is -2.10. The van der Waals surface area contributed by atoms with Gasteiger partial charge in [-0.1, -0.05) is 36.5 Å². The Hall–Kier alpha value is -2.13. The Bertz CT molecular complexity index is 1180. The van der Waals surface area contributed by atoms with Crippen LogP contribution in [-0.4, -0.2) is 23.9 Å². The van der Waals surface area contributed by atoms with E-state index in [4.69, 9.17) is 33.1 Å². The summed E-state index contributed by atoms with van der Waals surface area (Å²) in [5.41, 5.74) is 1.35. The number of aromatic nitrogens is 2. The molecule has 0 unspecified atom stereocenters. The van der Waals surface area contributed by atoms with E-state index < -0.39 is 16.0 Å². The molecule has 2 N–H and O–H groups in total. The molecular formula is C19H19Cl2N3O4S. The summed E-state index contributed by atoms with van der Waals surface area (Å²) >= 11 is 12.0. The predicted molar refractivity (Wildman–Crippen MR) is 112 cm³/mol. The summed E-state index contributed by atoms with van der Waals surface area (Å²) in [4.78, 5) is 16.8. The fourth-order valence-electron chi connectivity index (χ4n) is 2.87. The van der Waals surface area contributed by atoms with Gasteiger partial charge in [-0.05, 0) is 42.8 Å². The van der Waals surface area contributed by atoms with Gasteiger partial charge >= 0.3 is 5.97 Å². The van der Waals surface area contributed by atoms with E-state index in [1.807, 2.05) is 4.57 Å². The molecule has 29 heavy (non-hydrogen) atoms. The zero-order chi connectivity index (χ0) is 21.2. The highest BCUT2D eigenvalue weighted by atomic mass is 35.5. The third kappa shape index (κ3) is 4.90.